The summed E-state index contributed by atoms with van der Waals surface area (Å²) in [7, 11) is 0. The van der Waals surface area contributed by atoms with Crippen LogP contribution < -0.4 is 0 Å². The Morgan fingerprint density at radius 2 is 2.00 bits per heavy atom. The summed E-state index contributed by atoms with van der Waals surface area (Å²) < 4.78 is 5.81. The Labute approximate surface area is 142 Å². The predicted octanol–water partition coefficient (Wildman–Crippen LogP) is 3.91. The van der Waals surface area contributed by atoms with Crippen LogP contribution in [0.4, 0.5) is 0 Å². The molecule has 122 valence electrons. The van der Waals surface area contributed by atoms with E-state index >= 15 is 0 Å². The topological polar surface area (TPSA) is 42.2 Å². The lowest BCUT2D eigenvalue weighted by molar-refractivity contribution is 0.222. The second kappa shape index (κ2) is 6.21. The number of furan rings is 1. The van der Waals surface area contributed by atoms with E-state index in [4.69, 9.17) is 9.40 Å². The quantitative estimate of drug-likeness (QED) is 0.734. The van der Waals surface area contributed by atoms with Crippen LogP contribution in [0.2, 0.25) is 0 Å². The summed E-state index contributed by atoms with van der Waals surface area (Å²) in [5.41, 5.74) is 4.69. The van der Waals surface area contributed by atoms with Crippen LogP contribution in [0, 0.1) is 13.8 Å². The normalized spacial score (nSPS) is 14.6. The highest BCUT2D eigenvalue weighted by Gasteiger charge is 2.20. The van der Waals surface area contributed by atoms with E-state index < -0.39 is 0 Å². The maximum atomic E-state index is 5.81. The van der Waals surface area contributed by atoms with Gasteiger partial charge in [0.1, 0.15) is 11.5 Å². The standard InChI is InChI=1S/C20H21N3O/c1-14-10-18(24-15(14)2)13-23-9-8-19-17(12-23)11-21-20(22-19)16-6-4-3-5-7-16/h3-7,10-11H,8-9,12-13H2,1-2H3. The largest absolute Gasteiger partial charge is 0.465 e. The van der Waals surface area contributed by atoms with Gasteiger partial charge in [0, 0.05) is 36.8 Å². The number of hydrogen-bond acceptors (Lipinski definition) is 4. The number of rotatable bonds is 3. The van der Waals surface area contributed by atoms with Crippen molar-refractivity contribution in [2.45, 2.75) is 33.4 Å². The van der Waals surface area contributed by atoms with E-state index in [1.54, 1.807) is 0 Å². The van der Waals surface area contributed by atoms with E-state index in [-0.39, 0.29) is 0 Å². The number of aromatic nitrogens is 2. The van der Waals surface area contributed by atoms with Crippen LogP contribution in [0.5, 0.6) is 0 Å². The molecule has 0 atom stereocenters. The molecule has 2 aromatic heterocycles. The van der Waals surface area contributed by atoms with Gasteiger partial charge in [0.25, 0.3) is 0 Å². The molecule has 4 heteroatoms. The third-order valence-corrected chi connectivity index (χ3v) is 4.64. The van der Waals surface area contributed by atoms with Gasteiger partial charge < -0.3 is 4.42 Å². The Balaban J connectivity index is 1.51. The summed E-state index contributed by atoms with van der Waals surface area (Å²) in [4.78, 5) is 11.7. The van der Waals surface area contributed by atoms with Crippen LogP contribution >= 0.6 is 0 Å². The molecule has 0 bridgehead atoms. The van der Waals surface area contributed by atoms with Crippen LogP contribution in [-0.4, -0.2) is 21.4 Å². The monoisotopic (exact) mass is 319 g/mol. The first-order valence-electron chi connectivity index (χ1n) is 8.37. The van der Waals surface area contributed by atoms with Gasteiger partial charge >= 0.3 is 0 Å². The van der Waals surface area contributed by atoms with Crippen molar-refractivity contribution >= 4 is 0 Å². The van der Waals surface area contributed by atoms with Crippen molar-refractivity contribution < 1.29 is 4.42 Å². The molecular weight excluding hydrogens is 298 g/mol. The van der Waals surface area contributed by atoms with Gasteiger partial charge in [-0.3, -0.25) is 4.90 Å². The number of benzene rings is 1. The molecule has 0 N–H and O–H groups in total. The molecule has 0 unspecified atom stereocenters. The fourth-order valence-electron chi connectivity index (χ4n) is 3.18. The average Bonchev–Trinajstić information content (AvgIpc) is 2.92. The third kappa shape index (κ3) is 2.97. The zero-order valence-corrected chi connectivity index (χ0v) is 14.1. The SMILES string of the molecule is Cc1cc(CN2CCc3nc(-c4ccccc4)ncc3C2)oc1C. The minimum absolute atomic E-state index is 0.820. The van der Waals surface area contributed by atoms with E-state index in [0.29, 0.717) is 0 Å². The van der Waals surface area contributed by atoms with Crippen molar-refractivity contribution in [3.8, 4) is 11.4 Å². The molecule has 1 aliphatic rings. The van der Waals surface area contributed by atoms with Gasteiger partial charge in [-0.05, 0) is 25.5 Å². The van der Waals surface area contributed by atoms with Crippen molar-refractivity contribution in [1.29, 1.82) is 0 Å². The van der Waals surface area contributed by atoms with Crippen LogP contribution in [0.15, 0.2) is 47.0 Å². The summed E-state index contributed by atoms with van der Waals surface area (Å²) in [5, 5.41) is 0. The first-order valence-corrected chi connectivity index (χ1v) is 8.37. The lowest BCUT2D eigenvalue weighted by Crippen LogP contribution is -2.30. The number of nitrogens with zero attached hydrogens (tertiary/aromatic N) is 3. The van der Waals surface area contributed by atoms with Crippen LogP contribution in [0.3, 0.4) is 0 Å². The summed E-state index contributed by atoms with van der Waals surface area (Å²) >= 11 is 0. The number of hydrogen-bond donors (Lipinski definition) is 0. The van der Waals surface area contributed by atoms with Crippen molar-refractivity contribution in [3.05, 3.63) is 70.9 Å². The van der Waals surface area contributed by atoms with E-state index in [0.717, 1.165) is 49.0 Å². The van der Waals surface area contributed by atoms with Gasteiger partial charge in [0.15, 0.2) is 5.82 Å². The molecule has 4 rings (SSSR count). The van der Waals surface area contributed by atoms with E-state index in [1.807, 2.05) is 31.3 Å². The molecule has 4 nitrogen and oxygen atoms in total. The summed E-state index contributed by atoms with van der Waals surface area (Å²) in [6.07, 6.45) is 2.94. The van der Waals surface area contributed by atoms with Gasteiger partial charge in [-0.25, -0.2) is 9.97 Å². The molecule has 24 heavy (non-hydrogen) atoms. The second-order valence-corrected chi connectivity index (χ2v) is 6.44. The fraction of sp³-hybridized carbons (Fsp3) is 0.300. The minimum atomic E-state index is 0.820. The molecule has 0 saturated heterocycles. The maximum absolute atomic E-state index is 5.81. The highest BCUT2D eigenvalue weighted by molar-refractivity contribution is 5.54. The fourth-order valence-corrected chi connectivity index (χ4v) is 3.18. The van der Waals surface area contributed by atoms with E-state index in [9.17, 15) is 0 Å². The van der Waals surface area contributed by atoms with Crippen LogP contribution in [0.25, 0.3) is 11.4 Å². The maximum Gasteiger partial charge on any atom is 0.159 e. The lowest BCUT2D eigenvalue weighted by Gasteiger charge is -2.27. The number of aryl methyl sites for hydroxylation is 2. The molecule has 1 aliphatic heterocycles. The van der Waals surface area contributed by atoms with E-state index in [2.05, 4.69) is 35.0 Å². The Hall–Kier alpha value is -2.46. The molecular formula is C20H21N3O. The van der Waals surface area contributed by atoms with Gasteiger partial charge in [0.05, 0.1) is 12.2 Å². The van der Waals surface area contributed by atoms with Crippen LogP contribution in [-0.2, 0) is 19.5 Å². The Kier molecular flexibility index (Phi) is 3.90. The summed E-state index contributed by atoms with van der Waals surface area (Å²) in [6, 6.07) is 12.3. The van der Waals surface area contributed by atoms with Crippen molar-refractivity contribution in [1.82, 2.24) is 14.9 Å². The van der Waals surface area contributed by atoms with Gasteiger partial charge in [-0.15, -0.1) is 0 Å². The smallest absolute Gasteiger partial charge is 0.159 e. The summed E-state index contributed by atoms with van der Waals surface area (Å²) in [5.74, 6) is 2.87. The first kappa shape index (κ1) is 15.1. The molecule has 0 spiro atoms. The molecule has 3 aromatic rings. The third-order valence-electron chi connectivity index (χ3n) is 4.64. The summed E-state index contributed by atoms with van der Waals surface area (Å²) in [6.45, 7) is 6.82. The zero-order valence-electron chi connectivity index (χ0n) is 14.1. The molecule has 0 aliphatic carbocycles. The molecule has 0 saturated carbocycles. The lowest BCUT2D eigenvalue weighted by atomic mass is 10.1. The highest BCUT2D eigenvalue weighted by atomic mass is 16.3. The second-order valence-electron chi connectivity index (χ2n) is 6.44. The molecule has 0 radical (unpaired) electrons. The van der Waals surface area contributed by atoms with Gasteiger partial charge in [-0.2, -0.15) is 0 Å². The molecule has 3 heterocycles. The van der Waals surface area contributed by atoms with Crippen molar-refractivity contribution in [2.75, 3.05) is 6.54 Å². The molecule has 1 aromatic carbocycles. The Morgan fingerprint density at radius 1 is 1.17 bits per heavy atom. The average molecular weight is 319 g/mol. The van der Waals surface area contributed by atoms with Crippen LogP contribution in [0.1, 0.15) is 28.3 Å². The first-order chi connectivity index (χ1) is 11.7. The van der Waals surface area contributed by atoms with Crippen molar-refractivity contribution in [2.24, 2.45) is 0 Å². The minimum Gasteiger partial charge on any atom is -0.465 e. The molecule has 0 fully saturated rings. The number of fused-ring (bicyclic) bond motifs is 1. The Bertz CT molecular complexity index is 835. The van der Waals surface area contributed by atoms with Crippen molar-refractivity contribution in [3.63, 3.8) is 0 Å². The zero-order chi connectivity index (χ0) is 16.5. The highest BCUT2D eigenvalue weighted by Crippen LogP contribution is 2.23. The van der Waals surface area contributed by atoms with E-state index in [1.165, 1.54) is 16.8 Å². The van der Waals surface area contributed by atoms with Gasteiger partial charge in [0.2, 0.25) is 0 Å². The molecule has 0 amide bonds. The Morgan fingerprint density at radius 3 is 2.75 bits per heavy atom. The predicted molar refractivity (Wildman–Crippen MR) is 93.5 cm³/mol. The van der Waals surface area contributed by atoms with Gasteiger partial charge in [-0.1, -0.05) is 30.3 Å².